The van der Waals surface area contributed by atoms with E-state index in [2.05, 4.69) is 41.2 Å². The standard InChI is InChI=1S/C23H24FN5O2/c1-14-9-10-15(13-16(14)24)21-27-20(31-28-21)12-11-19(30)26-22-25-17-7-5-6-8-18(17)29(22)23(2,3)4/h5-10,13H,11-12H2,1-4H3,(H,25,26,30). The molecule has 0 spiro atoms. The van der Waals surface area contributed by atoms with Crippen LogP contribution in [0.2, 0.25) is 0 Å². The number of nitrogens with zero attached hydrogens (tertiary/aromatic N) is 4. The number of rotatable bonds is 5. The summed E-state index contributed by atoms with van der Waals surface area (Å²) < 4.78 is 21.0. The van der Waals surface area contributed by atoms with Crippen LogP contribution in [-0.2, 0) is 16.8 Å². The molecule has 2 aromatic heterocycles. The van der Waals surface area contributed by atoms with Crippen molar-refractivity contribution in [3.63, 3.8) is 0 Å². The summed E-state index contributed by atoms with van der Waals surface area (Å²) in [7, 11) is 0. The van der Waals surface area contributed by atoms with Crippen LogP contribution in [-0.4, -0.2) is 25.6 Å². The van der Waals surface area contributed by atoms with E-state index < -0.39 is 0 Å². The van der Waals surface area contributed by atoms with E-state index >= 15 is 0 Å². The summed E-state index contributed by atoms with van der Waals surface area (Å²) in [6, 6.07) is 12.5. The van der Waals surface area contributed by atoms with E-state index in [-0.39, 0.29) is 30.1 Å². The topological polar surface area (TPSA) is 85.8 Å². The van der Waals surface area contributed by atoms with Crippen molar-refractivity contribution in [2.75, 3.05) is 5.32 Å². The van der Waals surface area contributed by atoms with Crippen LogP contribution in [0, 0.1) is 12.7 Å². The van der Waals surface area contributed by atoms with E-state index in [4.69, 9.17) is 4.52 Å². The lowest BCUT2D eigenvalue weighted by molar-refractivity contribution is -0.116. The molecule has 4 rings (SSSR count). The number of halogens is 1. The molecule has 0 saturated heterocycles. The van der Waals surface area contributed by atoms with Gasteiger partial charge in [-0.2, -0.15) is 4.98 Å². The highest BCUT2D eigenvalue weighted by atomic mass is 19.1. The minimum Gasteiger partial charge on any atom is -0.339 e. The molecule has 31 heavy (non-hydrogen) atoms. The minimum absolute atomic E-state index is 0.150. The maximum absolute atomic E-state index is 13.8. The Morgan fingerprint density at radius 1 is 1.16 bits per heavy atom. The second kappa shape index (κ2) is 7.94. The van der Waals surface area contributed by atoms with E-state index in [1.165, 1.54) is 6.07 Å². The third-order valence-electron chi connectivity index (χ3n) is 4.95. The number of para-hydroxylation sites is 2. The van der Waals surface area contributed by atoms with E-state index in [0.717, 1.165) is 11.0 Å². The number of carbonyl (C=O) groups is 1. The fourth-order valence-corrected chi connectivity index (χ4v) is 3.40. The van der Waals surface area contributed by atoms with Crippen molar-refractivity contribution < 1.29 is 13.7 Å². The van der Waals surface area contributed by atoms with Crippen molar-refractivity contribution in [2.45, 2.75) is 46.1 Å². The predicted molar refractivity (Wildman–Crippen MR) is 116 cm³/mol. The van der Waals surface area contributed by atoms with Gasteiger partial charge in [-0.05, 0) is 51.5 Å². The van der Waals surface area contributed by atoms with Gasteiger partial charge in [-0.1, -0.05) is 29.4 Å². The predicted octanol–water partition coefficient (Wildman–Crippen LogP) is 4.86. The Balaban J connectivity index is 1.46. The molecule has 0 radical (unpaired) electrons. The van der Waals surface area contributed by atoms with Crippen LogP contribution < -0.4 is 5.32 Å². The van der Waals surface area contributed by atoms with Crippen molar-refractivity contribution >= 4 is 22.9 Å². The zero-order chi connectivity index (χ0) is 22.2. The number of fused-ring (bicyclic) bond motifs is 1. The molecule has 0 atom stereocenters. The molecule has 4 aromatic rings. The van der Waals surface area contributed by atoms with Crippen LogP contribution in [0.5, 0.6) is 0 Å². The number of carbonyl (C=O) groups excluding carboxylic acids is 1. The summed E-state index contributed by atoms with van der Waals surface area (Å²) in [5, 5.41) is 6.80. The SMILES string of the molecule is Cc1ccc(-c2noc(CCC(=O)Nc3nc4ccccc4n3C(C)(C)C)n2)cc1F. The molecule has 1 N–H and O–H groups in total. The van der Waals surface area contributed by atoms with Gasteiger partial charge in [0.25, 0.3) is 0 Å². The summed E-state index contributed by atoms with van der Waals surface area (Å²) in [4.78, 5) is 21.5. The third kappa shape index (κ3) is 4.33. The van der Waals surface area contributed by atoms with Gasteiger partial charge < -0.3 is 9.09 Å². The normalized spacial score (nSPS) is 11.8. The van der Waals surface area contributed by atoms with Gasteiger partial charge in [-0.3, -0.25) is 10.1 Å². The van der Waals surface area contributed by atoms with Crippen molar-refractivity contribution in [3.8, 4) is 11.4 Å². The van der Waals surface area contributed by atoms with Gasteiger partial charge in [0, 0.05) is 23.9 Å². The minimum atomic E-state index is -0.329. The number of imidazole rings is 1. The molecule has 1 amide bonds. The monoisotopic (exact) mass is 421 g/mol. The van der Waals surface area contributed by atoms with E-state index in [9.17, 15) is 9.18 Å². The molecule has 0 bridgehead atoms. The van der Waals surface area contributed by atoms with E-state index in [1.807, 2.05) is 28.8 Å². The van der Waals surface area contributed by atoms with E-state index in [1.54, 1.807) is 19.1 Å². The molecular weight excluding hydrogens is 397 g/mol. The summed E-state index contributed by atoms with van der Waals surface area (Å²) >= 11 is 0. The third-order valence-corrected chi connectivity index (χ3v) is 4.95. The van der Waals surface area contributed by atoms with Gasteiger partial charge >= 0.3 is 0 Å². The fraction of sp³-hybridized carbons (Fsp3) is 0.304. The number of hydrogen-bond donors (Lipinski definition) is 1. The summed E-state index contributed by atoms with van der Waals surface area (Å²) in [6.07, 6.45) is 0.417. The van der Waals surface area contributed by atoms with Gasteiger partial charge in [-0.15, -0.1) is 0 Å². The number of benzene rings is 2. The maximum Gasteiger partial charge on any atom is 0.227 e. The number of amides is 1. The summed E-state index contributed by atoms with van der Waals surface area (Å²) in [5.41, 5.74) is 2.59. The van der Waals surface area contributed by atoms with Crippen molar-refractivity contribution in [2.24, 2.45) is 0 Å². The molecule has 0 aliphatic heterocycles. The first kappa shape index (κ1) is 20.7. The van der Waals surface area contributed by atoms with Gasteiger partial charge in [0.1, 0.15) is 5.82 Å². The average molecular weight is 421 g/mol. The lowest BCUT2D eigenvalue weighted by Crippen LogP contribution is -2.26. The number of nitrogens with one attached hydrogen (secondary N) is 1. The van der Waals surface area contributed by atoms with Gasteiger partial charge in [0.15, 0.2) is 0 Å². The second-order valence-electron chi connectivity index (χ2n) is 8.45. The molecule has 0 aliphatic carbocycles. The Bertz CT molecular complexity index is 1250. The van der Waals surface area contributed by atoms with Crippen LogP contribution in [0.1, 0.15) is 38.6 Å². The fourth-order valence-electron chi connectivity index (χ4n) is 3.40. The van der Waals surface area contributed by atoms with Crippen molar-refractivity contribution in [3.05, 3.63) is 59.7 Å². The lowest BCUT2D eigenvalue weighted by Gasteiger charge is -2.24. The van der Waals surface area contributed by atoms with Gasteiger partial charge in [-0.25, -0.2) is 9.37 Å². The number of anilines is 1. The highest BCUT2D eigenvalue weighted by molar-refractivity contribution is 5.91. The quantitative estimate of drug-likeness (QED) is 0.497. The Morgan fingerprint density at radius 3 is 2.68 bits per heavy atom. The van der Waals surface area contributed by atoms with E-state index in [0.29, 0.717) is 28.8 Å². The molecular formula is C23H24FN5O2. The Kier molecular flexibility index (Phi) is 5.31. The Hall–Kier alpha value is -3.55. The van der Waals surface area contributed by atoms with Gasteiger partial charge in [0.05, 0.1) is 11.0 Å². The first-order chi connectivity index (χ1) is 14.7. The van der Waals surface area contributed by atoms with Crippen LogP contribution in [0.25, 0.3) is 22.4 Å². The van der Waals surface area contributed by atoms with Crippen LogP contribution in [0.3, 0.4) is 0 Å². The summed E-state index contributed by atoms with van der Waals surface area (Å²) in [6.45, 7) is 7.87. The molecule has 2 aromatic carbocycles. The molecule has 8 heteroatoms. The van der Waals surface area contributed by atoms with Gasteiger partial charge in [0.2, 0.25) is 23.6 Å². The van der Waals surface area contributed by atoms with Crippen molar-refractivity contribution in [1.29, 1.82) is 0 Å². The zero-order valence-electron chi connectivity index (χ0n) is 17.9. The number of aromatic nitrogens is 4. The molecule has 0 aliphatic rings. The second-order valence-corrected chi connectivity index (χ2v) is 8.45. The van der Waals surface area contributed by atoms with Crippen LogP contribution >= 0.6 is 0 Å². The lowest BCUT2D eigenvalue weighted by atomic mass is 10.1. The molecule has 2 heterocycles. The maximum atomic E-state index is 13.8. The Labute approximate surface area is 179 Å². The largest absolute Gasteiger partial charge is 0.339 e. The van der Waals surface area contributed by atoms with Crippen LogP contribution in [0.4, 0.5) is 10.3 Å². The molecule has 0 saturated carbocycles. The first-order valence-corrected chi connectivity index (χ1v) is 10.1. The summed E-state index contributed by atoms with van der Waals surface area (Å²) in [5.74, 6) is 0.575. The highest BCUT2D eigenvalue weighted by Gasteiger charge is 2.22. The zero-order valence-corrected chi connectivity index (χ0v) is 17.9. The van der Waals surface area contributed by atoms with Crippen molar-refractivity contribution in [1.82, 2.24) is 19.7 Å². The molecule has 0 fully saturated rings. The first-order valence-electron chi connectivity index (χ1n) is 10.1. The smallest absolute Gasteiger partial charge is 0.227 e. The molecule has 160 valence electrons. The number of hydrogen-bond acceptors (Lipinski definition) is 5. The van der Waals surface area contributed by atoms with Crippen LogP contribution in [0.15, 0.2) is 47.0 Å². The number of aryl methyl sites for hydroxylation is 2. The highest BCUT2D eigenvalue weighted by Crippen LogP contribution is 2.28. The average Bonchev–Trinajstić information content (AvgIpc) is 3.32. The Morgan fingerprint density at radius 2 is 1.94 bits per heavy atom. The molecule has 7 nitrogen and oxygen atoms in total. The molecule has 0 unspecified atom stereocenters.